The van der Waals surface area contributed by atoms with Gasteiger partial charge in [-0.1, -0.05) is 17.8 Å². The van der Waals surface area contributed by atoms with Crippen molar-refractivity contribution in [2.24, 2.45) is 0 Å². The van der Waals surface area contributed by atoms with Crippen molar-refractivity contribution in [2.45, 2.75) is 5.22 Å². The third-order valence-corrected chi connectivity index (χ3v) is 2.47. The summed E-state index contributed by atoms with van der Waals surface area (Å²) >= 11 is 1.14. The quantitative estimate of drug-likeness (QED) is 0.603. The van der Waals surface area contributed by atoms with Crippen LogP contribution in [0.25, 0.3) is 11.5 Å². The summed E-state index contributed by atoms with van der Waals surface area (Å²) in [5.41, 5.74) is 0.519. The maximum Gasteiger partial charge on any atom is 0.277 e. The van der Waals surface area contributed by atoms with Gasteiger partial charge in [-0.15, -0.1) is 10.2 Å². The Morgan fingerprint density at radius 3 is 3.06 bits per heavy atom. The van der Waals surface area contributed by atoms with Crippen LogP contribution in [0.2, 0.25) is 0 Å². The molecule has 0 amide bonds. The monoisotopic (exact) mass is 238 g/mol. The second-order valence-corrected chi connectivity index (χ2v) is 3.83. The van der Waals surface area contributed by atoms with Crippen molar-refractivity contribution in [3.8, 4) is 11.5 Å². The summed E-state index contributed by atoms with van der Waals surface area (Å²) in [7, 11) is 0. The zero-order chi connectivity index (χ0) is 11.4. The molecule has 0 unspecified atom stereocenters. The first-order valence-electron chi connectivity index (χ1n) is 4.45. The van der Waals surface area contributed by atoms with E-state index < -0.39 is 0 Å². The van der Waals surface area contributed by atoms with Gasteiger partial charge in [-0.3, -0.25) is 0 Å². The lowest BCUT2D eigenvalue weighted by Gasteiger charge is -1.93. The molecule has 1 heterocycles. The van der Waals surface area contributed by atoms with Gasteiger partial charge in [0.05, 0.1) is 5.75 Å². The molecule has 0 fully saturated rings. The van der Waals surface area contributed by atoms with Gasteiger partial charge >= 0.3 is 0 Å². The first-order valence-corrected chi connectivity index (χ1v) is 5.44. The molecule has 16 heavy (non-hydrogen) atoms. The predicted molar refractivity (Wildman–Crippen MR) is 56.5 cm³/mol. The highest BCUT2D eigenvalue weighted by Crippen LogP contribution is 2.22. The van der Waals surface area contributed by atoms with Gasteiger partial charge in [0, 0.05) is 5.56 Å². The Labute approximate surface area is 94.9 Å². The second kappa shape index (κ2) is 4.89. The van der Waals surface area contributed by atoms with Crippen molar-refractivity contribution in [2.75, 3.05) is 5.75 Å². The fraction of sp³-hybridized carbons (Fsp3) is 0.100. The van der Waals surface area contributed by atoms with Crippen molar-refractivity contribution >= 4 is 18.0 Å². The highest BCUT2D eigenvalue weighted by Gasteiger charge is 2.08. The Bertz CT molecular complexity index is 501. The van der Waals surface area contributed by atoms with Gasteiger partial charge < -0.3 is 9.21 Å². The summed E-state index contributed by atoms with van der Waals surface area (Å²) in [5.74, 6) is 0.135. The molecule has 1 aromatic carbocycles. The minimum Gasteiger partial charge on any atom is -0.411 e. The molecule has 0 bridgehead atoms. The molecule has 0 saturated heterocycles. The minimum atomic E-state index is -0.363. The smallest absolute Gasteiger partial charge is 0.277 e. The Hall–Kier alpha value is -1.69. The molecule has 1 aromatic heterocycles. The minimum absolute atomic E-state index is 0.243. The average Bonchev–Trinajstić information content (AvgIpc) is 2.75. The number of aldehydes is 1. The highest BCUT2D eigenvalue weighted by atomic mass is 32.2. The van der Waals surface area contributed by atoms with Gasteiger partial charge in [-0.2, -0.15) is 0 Å². The third kappa shape index (κ3) is 2.46. The van der Waals surface area contributed by atoms with Crippen LogP contribution in [-0.2, 0) is 4.79 Å². The lowest BCUT2D eigenvalue weighted by molar-refractivity contribution is -0.105. The van der Waals surface area contributed by atoms with Crippen molar-refractivity contribution in [1.82, 2.24) is 10.2 Å². The van der Waals surface area contributed by atoms with Crippen LogP contribution >= 0.6 is 11.8 Å². The zero-order valence-electron chi connectivity index (χ0n) is 8.09. The van der Waals surface area contributed by atoms with Crippen molar-refractivity contribution in [1.29, 1.82) is 0 Å². The molecule has 4 nitrogen and oxygen atoms in total. The van der Waals surface area contributed by atoms with Crippen LogP contribution in [0, 0.1) is 5.82 Å². The van der Waals surface area contributed by atoms with E-state index in [1.54, 1.807) is 12.1 Å². The Kier molecular flexibility index (Phi) is 3.31. The summed E-state index contributed by atoms with van der Waals surface area (Å²) in [5, 5.41) is 7.78. The maximum atomic E-state index is 12.9. The Morgan fingerprint density at radius 2 is 2.31 bits per heavy atom. The second-order valence-electron chi connectivity index (χ2n) is 2.86. The van der Waals surface area contributed by atoms with Crippen molar-refractivity contribution < 1.29 is 13.6 Å². The first-order chi connectivity index (χ1) is 7.79. The van der Waals surface area contributed by atoms with Crippen LogP contribution < -0.4 is 0 Å². The van der Waals surface area contributed by atoms with Gasteiger partial charge in [-0.05, 0) is 18.2 Å². The van der Waals surface area contributed by atoms with E-state index in [0.29, 0.717) is 10.8 Å². The SMILES string of the molecule is O=CCSc1nnc(-c2cccc(F)c2)o1. The number of rotatable bonds is 4. The zero-order valence-corrected chi connectivity index (χ0v) is 8.91. The number of carbonyl (C=O) groups excluding carboxylic acids is 1. The number of aromatic nitrogens is 2. The molecular weight excluding hydrogens is 231 g/mol. The van der Waals surface area contributed by atoms with E-state index in [1.807, 2.05) is 0 Å². The average molecular weight is 238 g/mol. The standard InChI is InChI=1S/C10H7FN2O2S/c11-8-3-1-2-7(6-8)9-12-13-10(15-9)16-5-4-14/h1-4,6H,5H2. The first kappa shape index (κ1) is 10.8. The number of hydrogen-bond acceptors (Lipinski definition) is 5. The molecule has 2 rings (SSSR count). The molecule has 0 spiro atoms. The van der Waals surface area contributed by atoms with E-state index in [1.165, 1.54) is 12.1 Å². The summed E-state index contributed by atoms with van der Waals surface area (Å²) in [6.07, 6.45) is 0.747. The fourth-order valence-corrected chi connectivity index (χ4v) is 1.56. The number of thioether (sulfide) groups is 1. The molecule has 0 radical (unpaired) electrons. The van der Waals surface area contributed by atoms with E-state index in [2.05, 4.69) is 10.2 Å². The fourth-order valence-electron chi connectivity index (χ4n) is 1.11. The van der Waals surface area contributed by atoms with E-state index in [4.69, 9.17) is 4.42 Å². The molecule has 0 aliphatic carbocycles. The predicted octanol–water partition coefficient (Wildman–Crippen LogP) is 2.17. The molecule has 2 aromatic rings. The van der Waals surface area contributed by atoms with Gasteiger partial charge in [0.15, 0.2) is 0 Å². The third-order valence-electron chi connectivity index (χ3n) is 1.75. The molecular formula is C10H7FN2O2S. The van der Waals surface area contributed by atoms with Crippen LogP contribution in [0.1, 0.15) is 0 Å². The molecule has 6 heteroatoms. The number of hydrogen-bond donors (Lipinski definition) is 0. The molecule has 0 saturated carbocycles. The van der Waals surface area contributed by atoms with Crippen LogP contribution in [0.4, 0.5) is 4.39 Å². The summed E-state index contributed by atoms with van der Waals surface area (Å²) in [6.45, 7) is 0. The molecule has 0 atom stereocenters. The molecule has 0 aliphatic rings. The summed E-state index contributed by atoms with van der Waals surface area (Å²) < 4.78 is 18.2. The lowest BCUT2D eigenvalue weighted by Crippen LogP contribution is -1.79. The van der Waals surface area contributed by atoms with Crippen molar-refractivity contribution in [3.05, 3.63) is 30.1 Å². The van der Waals surface area contributed by atoms with E-state index in [-0.39, 0.29) is 17.5 Å². The topological polar surface area (TPSA) is 56.0 Å². The van der Waals surface area contributed by atoms with Gasteiger partial charge in [-0.25, -0.2) is 4.39 Å². The number of carbonyl (C=O) groups is 1. The lowest BCUT2D eigenvalue weighted by atomic mass is 10.2. The van der Waals surface area contributed by atoms with Gasteiger partial charge in [0.1, 0.15) is 12.1 Å². The number of benzene rings is 1. The maximum absolute atomic E-state index is 12.9. The molecule has 82 valence electrons. The van der Waals surface area contributed by atoms with E-state index in [9.17, 15) is 9.18 Å². The normalized spacial score (nSPS) is 10.3. The van der Waals surface area contributed by atoms with Crippen LogP contribution in [0.5, 0.6) is 0 Å². The number of nitrogens with zero attached hydrogens (tertiary/aromatic N) is 2. The molecule has 0 aliphatic heterocycles. The Balaban J connectivity index is 2.21. The van der Waals surface area contributed by atoms with Crippen LogP contribution in [0.3, 0.4) is 0 Å². The summed E-state index contributed by atoms with van der Waals surface area (Å²) in [4.78, 5) is 10.1. The van der Waals surface area contributed by atoms with Crippen LogP contribution in [0.15, 0.2) is 33.9 Å². The Morgan fingerprint density at radius 1 is 1.44 bits per heavy atom. The van der Waals surface area contributed by atoms with E-state index >= 15 is 0 Å². The highest BCUT2D eigenvalue weighted by molar-refractivity contribution is 7.99. The largest absolute Gasteiger partial charge is 0.411 e. The van der Waals surface area contributed by atoms with Crippen LogP contribution in [-0.4, -0.2) is 22.2 Å². The summed E-state index contributed by atoms with van der Waals surface area (Å²) in [6, 6.07) is 5.88. The van der Waals surface area contributed by atoms with Gasteiger partial charge in [0.25, 0.3) is 5.22 Å². The van der Waals surface area contributed by atoms with Gasteiger partial charge in [0.2, 0.25) is 5.89 Å². The van der Waals surface area contributed by atoms with Crippen molar-refractivity contribution in [3.63, 3.8) is 0 Å². The molecule has 0 N–H and O–H groups in total. The number of halogens is 1. The van der Waals surface area contributed by atoms with E-state index in [0.717, 1.165) is 18.0 Å².